The zero-order valence-corrected chi connectivity index (χ0v) is 14.4. The van der Waals surface area contributed by atoms with Gasteiger partial charge >= 0.3 is 0 Å². The Morgan fingerprint density at radius 1 is 1.17 bits per heavy atom. The van der Waals surface area contributed by atoms with Gasteiger partial charge in [-0.2, -0.15) is 0 Å². The molecule has 0 unspecified atom stereocenters. The number of para-hydroxylation sites is 2. The molecular formula is C18H27N5. The minimum atomic E-state index is 0.688. The molecule has 2 heterocycles. The van der Waals surface area contributed by atoms with E-state index in [1.165, 1.54) is 30.9 Å². The molecule has 5 heteroatoms. The van der Waals surface area contributed by atoms with E-state index in [-0.39, 0.29) is 0 Å². The van der Waals surface area contributed by atoms with Gasteiger partial charge in [0.2, 0.25) is 0 Å². The molecule has 0 atom stereocenters. The summed E-state index contributed by atoms with van der Waals surface area (Å²) in [6.45, 7) is 4.72. The number of hydrazine groups is 1. The third-order valence-electron chi connectivity index (χ3n) is 3.75. The van der Waals surface area contributed by atoms with Gasteiger partial charge in [0.25, 0.3) is 0 Å². The Morgan fingerprint density at radius 2 is 1.78 bits per heavy atom. The van der Waals surface area contributed by atoms with Gasteiger partial charge in [-0.15, -0.1) is 0 Å². The molecule has 1 aromatic carbocycles. The molecule has 0 aliphatic carbocycles. The molecule has 0 spiro atoms. The normalized spacial score (nSPS) is 15.0. The molecule has 0 bridgehead atoms. The van der Waals surface area contributed by atoms with Crippen molar-refractivity contribution in [3.05, 3.63) is 36.0 Å². The molecule has 3 rings (SSSR count). The highest BCUT2D eigenvalue weighted by molar-refractivity contribution is 5.78. The highest BCUT2D eigenvalue weighted by Gasteiger charge is 2.08. The lowest BCUT2D eigenvalue weighted by molar-refractivity contribution is 0.418. The van der Waals surface area contributed by atoms with Crippen LogP contribution in [0.1, 0.15) is 31.9 Å². The number of nitrogens with zero attached hydrogens (tertiary/aromatic N) is 4. The molecule has 2 aromatic rings. The van der Waals surface area contributed by atoms with Gasteiger partial charge in [0.1, 0.15) is 5.69 Å². The largest absolute Gasteiger partial charge is 0.306 e. The van der Waals surface area contributed by atoms with Gasteiger partial charge in [-0.3, -0.25) is 5.01 Å². The van der Waals surface area contributed by atoms with Gasteiger partial charge in [0, 0.05) is 7.05 Å². The summed E-state index contributed by atoms with van der Waals surface area (Å²) < 4.78 is 0. The average Bonchev–Trinajstić information content (AvgIpc) is 3.03. The van der Waals surface area contributed by atoms with Crippen LogP contribution in [-0.4, -0.2) is 42.1 Å². The van der Waals surface area contributed by atoms with Crippen LogP contribution in [0.5, 0.6) is 0 Å². The topological polar surface area (TPSA) is 58.3 Å². The Labute approximate surface area is 138 Å². The van der Waals surface area contributed by atoms with Crippen molar-refractivity contribution in [2.75, 3.05) is 32.2 Å². The first-order valence-corrected chi connectivity index (χ1v) is 8.22. The van der Waals surface area contributed by atoms with E-state index in [9.17, 15) is 0 Å². The monoisotopic (exact) mass is 313 g/mol. The lowest BCUT2D eigenvalue weighted by Crippen LogP contribution is -2.27. The van der Waals surface area contributed by atoms with E-state index in [0.29, 0.717) is 5.82 Å². The van der Waals surface area contributed by atoms with Crippen LogP contribution in [0.25, 0.3) is 17.1 Å². The fourth-order valence-electron chi connectivity index (χ4n) is 2.48. The van der Waals surface area contributed by atoms with Gasteiger partial charge < -0.3 is 4.90 Å². The minimum Gasteiger partial charge on any atom is -0.306 e. The molecule has 0 amide bonds. The third-order valence-corrected chi connectivity index (χ3v) is 3.75. The molecule has 1 aliphatic heterocycles. The minimum absolute atomic E-state index is 0.688. The van der Waals surface area contributed by atoms with E-state index < -0.39 is 0 Å². The van der Waals surface area contributed by atoms with Gasteiger partial charge in [0.15, 0.2) is 5.82 Å². The summed E-state index contributed by atoms with van der Waals surface area (Å²) in [5.74, 6) is 6.46. The summed E-state index contributed by atoms with van der Waals surface area (Å²) in [6, 6.07) is 7.78. The summed E-state index contributed by atoms with van der Waals surface area (Å²) >= 11 is 0. The van der Waals surface area contributed by atoms with E-state index in [2.05, 4.69) is 28.8 Å². The van der Waals surface area contributed by atoms with Gasteiger partial charge in [-0.25, -0.2) is 15.8 Å². The number of rotatable bonds is 3. The quantitative estimate of drug-likeness (QED) is 0.697. The van der Waals surface area contributed by atoms with Crippen molar-refractivity contribution < 1.29 is 0 Å². The van der Waals surface area contributed by atoms with Gasteiger partial charge in [0.05, 0.1) is 11.0 Å². The summed E-state index contributed by atoms with van der Waals surface area (Å²) in [5, 5.41) is 1.49. The van der Waals surface area contributed by atoms with E-state index >= 15 is 0 Å². The number of fused-ring (bicyclic) bond motifs is 1. The van der Waals surface area contributed by atoms with Crippen LogP contribution in [0.3, 0.4) is 0 Å². The van der Waals surface area contributed by atoms with Crippen LogP contribution in [0.4, 0.5) is 5.82 Å². The van der Waals surface area contributed by atoms with Crippen molar-refractivity contribution in [2.24, 2.45) is 5.84 Å². The molecule has 124 valence electrons. The molecule has 23 heavy (non-hydrogen) atoms. The lowest BCUT2D eigenvalue weighted by atomic mass is 10.2. The first kappa shape index (κ1) is 17.4. The second kappa shape index (κ2) is 8.60. The number of anilines is 1. The van der Waals surface area contributed by atoms with Crippen molar-refractivity contribution >= 4 is 22.9 Å². The maximum atomic E-state index is 5.77. The number of aromatic nitrogens is 2. The molecule has 0 saturated carbocycles. The Balaban J connectivity index is 0.000000268. The van der Waals surface area contributed by atoms with Gasteiger partial charge in [-0.1, -0.05) is 25.1 Å². The predicted octanol–water partition coefficient (Wildman–Crippen LogP) is 3.07. The standard InChI is InChI=1S/C13H16N4.C5H11N/c1-3-4-7-12-13(17(2)14)16-11-9-6-5-8-10(11)15-12;1-6-4-2-3-5-6/h4-9H,3,14H2,1-2H3;2-5H2,1H3/b7-4+;. The van der Waals surface area contributed by atoms with E-state index in [1.54, 1.807) is 7.05 Å². The number of allylic oxidation sites excluding steroid dienone is 1. The van der Waals surface area contributed by atoms with Crippen molar-refractivity contribution in [3.63, 3.8) is 0 Å². The zero-order chi connectivity index (χ0) is 16.7. The molecule has 1 aromatic heterocycles. The number of hydrogen-bond acceptors (Lipinski definition) is 5. The summed E-state index contributed by atoms with van der Waals surface area (Å²) in [7, 11) is 3.94. The average molecular weight is 313 g/mol. The van der Waals surface area contributed by atoms with Crippen LogP contribution in [-0.2, 0) is 0 Å². The zero-order valence-electron chi connectivity index (χ0n) is 14.4. The van der Waals surface area contributed by atoms with Crippen molar-refractivity contribution in [3.8, 4) is 0 Å². The Hall–Kier alpha value is -1.98. The van der Waals surface area contributed by atoms with Crippen LogP contribution in [0.2, 0.25) is 0 Å². The fraction of sp³-hybridized carbons (Fsp3) is 0.444. The molecule has 1 aliphatic rings. The number of nitrogens with two attached hydrogens (primary N) is 1. The summed E-state index contributed by atoms with van der Waals surface area (Å²) in [6.07, 6.45) is 7.79. The Kier molecular flexibility index (Phi) is 6.50. The van der Waals surface area contributed by atoms with E-state index in [4.69, 9.17) is 5.84 Å². The molecule has 1 saturated heterocycles. The van der Waals surface area contributed by atoms with Crippen molar-refractivity contribution in [2.45, 2.75) is 26.2 Å². The fourth-order valence-corrected chi connectivity index (χ4v) is 2.48. The van der Waals surface area contributed by atoms with Crippen LogP contribution in [0, 0.1) is 0 Å². The molecule has 2 N–H and O–H groups in total. The lowest BCUT2D eigenvalue weighted by Gasteiger charge is -2.14. The number of benzene rings is 1. The number of hydrogen-bond donors (Lipinski definition) is 1. The third kappa shape index (κ3) is 5.01. The van der Waals surface area contributed by atoms with Gasteiger partial charge in [-0.05, 0) is 57.6 Å². The van der Waals surface area contributed by atoms with E-state index in [1.807, 2.05) is 36.4 Å². The highest BCUT2D eigenvalue weighted by Crippen LogP contribution is 2.19. The molecule has 1 fully saturated rings. The molecule has 5 nitrogen and oxygen atoms in total. The summed E-state index contributed by atoms with van der Waals surface area (Å²) in [5.41, 5.74) is 2.54. The first-order chi connectivity index (χ1) is 11.1. The predicted molar refractivity (Wildman–Crippen MR) is 98.2 cm³/mol. The highest BCUT2D eigenvalue weighted by atomic mass is 15.4. The van der Waals surface area contributed by atoms with Crippen LogP contribution in [0.15, 0.2) is 30.3 Å². The molecule has 0 radical (unpaired) electrons. The Bertz CT molecular complexity index is 645. The number of likely N-dealkylation sites (tertiary alicyclic amines) is 1. The maximum Gasteiger partial charge on any atom is 0.169 e. The van der Waals surface area contributed by atoms with Crippen LogP contribution >= 0.6 is 0 Å². The Morgan fingerprint density at radius 3 is 2.26 bits per heavy atom. The smallest absolute Gasteiger partial charge is 0.169 e. The SMILES string of the molecule is CC/C=C/c1nc2ccccc2nc1N(C)N.CN1CCCC1. The maximum absolute atomic E-state index is 5.77. The second-order valence-electron chi connectivity index (χ2n) is 5.85. The first-order valence-electron chi connectivity index (χ1n) is 8.22. The van der Waals surface area contributed by atoms with E-state index in [0.717, 1.165) is 23.1 Å². The molecular weight excluding hydrogens is 286 g/mol. The summed E-state index contributed by atoms with van der Waals surface area (Å²) in [4.78, 5) is 11.4. The second-order valence-corrected chi connectivity index (χ2v) is 5.85. The van der Waals surface area contributed by atoms with Crippen LogP contribution < -0.4 is 10.9 Å². The van der Waals surface area contributed by atoms with Crippen molar-refractivity contribution in [1.29, 1.82) is 0 Å². The van der Waals surface area contributed by atoms with Crippen molar-refractivity contribution in [1.82, 2.24) is 14.9 Å².